The Labute approximate surface area is 169 Å². The summed E-state index contributed by atoms with van der Waals surface area (Å²) < 4.78 is 0. The number of benzene rings is 1. The highest BCUT2D eigenvalue weighted by atomic mass is 35.5. The van der Waals surface area contributed by atoms with Gasteiger partial charge in [0.15, 0.2) is 5.69 Å². The highest BCUT2D eigenvalue weighted by molar-refractivity contribution is 6.30. The molecule has 0 spiro atoms. The Hall–Kier alpha value is -2.99. The second-order valence-corrected chi connectivity index (χ2v) is 6.88. The van der Waals surface area contributed by atoms with Gasteiger partial charge in [-0.2, -0.15) is 0 Å². The van der Waals surface area contributed by atoms with Crippen LogP contribution in [0.3, 0.4) is 0 Å². The fraction of sp³-hybridized carbons (Fsp3) is 0.238. The van der Waals surface area contributed by atoms with Crippen molar-refractivity contribution < 1.29 is 4.79 Å². The van der Waals surface area contributed by atoms with E-state index >= 15 is 0 Å². The molecule has 0 saturated heterocycles. The lowest BCUT2D eigenvalue weighted by atomic mass is 10.1. The molecule has 0 radical (unpaired) electrons. The quantitative estimate of drug-likeness (QED) is 0.632. The van der Waals surface area contributed by atoms with Gasteiger partial charge >= 0.3 is 0 Å². The van der Waals surface area contributed by atoms with E-state index in [0.29, 0.717) is 18.1 Å². The number of halogens is 1. The molecule has 2 aromatic heterocycles. The molecule has 1 amide bonds. The van der Waals surface area contributed by atoms with Crippen molar-refractivity contribution in [2.45, 2.75) is 12.8 Å². The summed E-state index contributed by atoms with van der Waals surface area (Å²) in [7, 11) is 1.77. The highest BCUT2D eigenvalue weighted by Gasteiger charge is 2.13. The number of carbonyl (C=O) groups is 1. The van der Waals surface area contributed by atoms with Crippen LogP contribution < -0.4 is 5.32 Å². The lowest BCUT2D eigenvalue weighted by molar-refractivity contribution is 0.0789. The van der Waals surface area contributed by atoms with Gasteiger partial charge in [-0.25, -0.2) is 0 Å². The van der Waals surface area contributed by atoms with Crippen LogP contribution in [0.25, 0.3) is 0 Å². The smallest absolute Gasteiger partial charge is 0.274 e. The lowest BCUT2D eigenvalue weighted by Crippen LogP contribution is -2.29. The molecule has 2 heterocycles. The molecule has 28 heavy (non-hydrogen) atoms. The molecule has 144 valence electrons. The number of rotatable bonds is 8. The molecule has 0 aliphatic rings. The first kappa shape index (κ1) is 19.8. The van der Waals surface area contributed by atoms with Crippen LogP contribution >= 0.6 is 11.6 Å². The molecule has 0 aliphatic carbocycles. The van der Waals surface area contributed by atoms with Crippen molar-refractivity contribution in [1.29, 1.82) is 0 Å². The van der Waals surface area contributed by atoms with E-state index < -0.39 is 0 Å². The minimum absolute atomic E-state index is 0.144. The maximum Gasteiger partial charge on any atom is 0.274 e. The summed E-state index contributed by atoms with van der Waals surface area (Å²) in [5.41, 5.74) is 2.66. The zero-order chi connectivity index (χ0) is 19.8. The summed E-state index contributed by atoms with van der Waals surface area (Å²) in [5.74, 6) is 0.499. The van der Waals surface area contributed by atoms with Crippen LogP contribution in [0.2, 0.25) is 5.02 Å². The monoisotopic (exact) mass is 395 g/mol. The van der Waals surface area contributed by atoms with Gasteiger partial charge in [0.1, 0.15) is 5.82 Å². The van der Waals surface area contributed by atoms with Gasteiger partial charge in [-0.1, -0.05) is 23.7 Å². The fourth-order valence-electron chi connectivity index (χ4n) is 2.67. The van der Waals surface area contributed by atoms with Crippen LogP contribution in [0.15, 0.2) is 60.9 Å². The van der Waals surface area contributed by atoms with Crippen molar-refractivity contribution in [3.63, 3.8) is 0 Å². The van der Waals surface area contributed by atoms with Gasteiger partial charge in [0.05, 0.1) is 0 Å². The first-order valence-electron chi connectivity index (χ1n) is 9.08. The van der Waals surface area contributed by atoms with Crippen LogP contribution in [-0.2, 0) is 12.8 Å². The van der Waals surface area contributed by atoms with Crippen LogP contribution in [-0.4, -0.2) is 46.1 Å². The molecule has 0 bridgehead atoms. The van der Waals surface area contributed by atoms with Crippen LogP contribution in [0.1, 0.15) is 21.6 Å². The van der Waals surface area contributed by atoms with Gasteiger partial charge in [-0.05, 0) is 60.4 Å². The number of amides is 1. The van der Waals surface area contributed by atoms with Crippen molar-refractivity contribution in [3.05, 3.63) is 82.8 Å². The fourth-order valence-corrected chi connectivity index (χ4v) is 2.80. The summed E-state index contributed by atoms with van der Waals surface area (Å²) in [6.07, 6.45) is 5.11. The van der Waals surface area contributed by atoms with Gasteiger partial charge in [0.25, 0.3) is 5.91 Å². The van der Waals surface area contributed by atoms with E-state index in [1.165, 1.54) is 5.56 Å². The van der Waals surface area contributed by atoms with Crippen molar-refractivity contribution in [1.82, 2.24) is 20.1 Å². The van der Waals surface area contributed by atoms with Gasteiger partial charge in [-0.3, -0.25) is 9.78 Å². The van der Waals surface area contributed by atoms with Crippen LogP contribution in [0.5, 0.6) is 0 Å². The maximum absolute atomic E-state index is 12.5. The predicted octanol–water partition coefficient (Wildman–Crippen LogP) is 3.49. The Balaban J connectivity index is 1.47. The second-order valence-electron chi connectivity index (χ2n) is 6.44. The topological polar surface area (TPSA) is 71.0 Å². The van der Waals surface area contributed by atoms with Crippen LogP contribution in [0.4, 0.5) is 5.82 Å². The van der Waals surface area contributed by atoms with Crippen molar-refractivity contribution in [2.75, 3.05) is 25.5 Å². The average Bonchev–Trinajstić information content (AvgIpc) is 2.74. The van der Waals surface area contributed by atoms with Crippen molar-refractivity contribution >= 4 is 23.3 Å². The summed E-state index contributed by atoms with van der Waals surface area (Å²) in [4.78, 5) is 18.1. The Morgan fingerprint density at radius 3 is 2.36 bits per heavy atom. The third-order valence-corrected chi connectivity index (χ3v) is 4.60. The molecule has 0 unspecified atom stereocenters. The van der Waals surface area contributed by atoms with Gasteiger partial charge in [0.2, 0.25) is 0 Å². The Bertz CT molecular complexity index is 885. The molecular weight excluding hydrogens is 374 g/mol. The molecule has 1 N–H and O–H groups in total. The number of likely N-dealkylation sites (N-methyl/N-ethyl adjacent to an activating group) is 1. The molecule has 3 rings (SSSR count). The normalized spacial score (nSPS) is 10.5. The van der Waals surface area contributed by atoms with Gasteiger partial charge in [0, 0.05) is 37.6 Å². The largest absolute Gasteiger partial charge is 0.368 e. The van der Waals surface area contributed by atoms with E-state index in [1.807, 2.05) is 36.4 Å². The Kier molecular flexibility index (Phi) is 6.92. The first-order chi connectivity index (χ1) is 13.6. The summed E-state index contributed by atoms with van der Waals surface area (Å²) in [5, 5.41) is 12.1. The van der Waals surface area contributed by atoms with E-state index in [-0.39, 0.29) is 5.91 Å². The third kappa shape index (κ3) is 5.76. The number of nitrogens with zero attached hydrogens (tertiary/aromatic N) is 4. The first-order valence-corrected chi connectivity index (χ1v) is 9.46. The van der Waals surface area contributed by atoms with Crippen molar-refractivity contribution in [3.8, 4) is 0 Å². The minimum atomic E-state index is -0.144. The van der Waals surface area contributed by atoms with E-state index in [0.717, 1.165) is 30.0 Å². The maximum atomic E-state index is 12.5. The molecule has 0 atom stereocenters. The summed E-state index contributed by atoms with van der Waals surface area (Å²) in [6, 6.07) is 15.1. The number of nitrogens with one attached hydrogen (secondary N) is 1. The molecule has 0 saturated carbocycles. The molecule has 7 heteroatoms. The average molecular weight is 396 g/mol. The lowest BCUT2D eigenvalue weighted by Gasteiger charge is -2.16. The molecule has 0 aliphatic heterocycles. The molecule has 1 aromatic carbocycles. The summed E-state index contributed by atoms with van der Waals surface area (Å²) >= 11 is 5.89. The molecule has 3 aromatic rings. The molecule has 6 nitrogen and oxygen atoms in total. The zero-order valence-corrected chi connectivity index (χ0v) is 16.4. The molecule has 0 fully saturated rings. The SMILES string of the molecule is CN(CCc1ccncc1)C(=O)c1ccc(NCCc2ccc(Cl)cc2)nn1. The van der Waals surface area contributed by atoms with Crippen molar-refractivity contribution in [2.24, 2.45) is 0 Å². The zero-order valence-electron chi connectivity index (χ0n) is 15.7. The summed E-state index contributed by atoms with van der Waals surface area (Å²) in [6.45, 7) is 1.32. The number of hydrogen-bond acceptors (Lipinski definition) is 5. The van der Waals surface area contributed by atoms with E-state index in [4.69, 9.17) is 11.6 Å². The van der Waals surface area contributed by atoms with E-state index in [9.17, 15) is 4.79 Å². The van der Waals surface area contributed by atoms with E-state index in [2.05, 4.69) is 20.5 Å². The van der Waals surface area contributed by atoms with Gasteiger partial charge in [-0.15, -0.1) is 10.2 Å². The number of anilines is 1. The number of hydrogen-bond donors (Lipinski definition) is 1. The Morgan fingerprint density at radius 1 is 0.964 bits per heavy atom. The number of aromatic nitrogens is 3. The minimum Gasteiger partial charge on any atom is -0.368 e. The predicted molar refractivity (Wildman–Crippen MR) is 111 cm³/mol. The highest BCUT2D eigenvalue weighted by Crippen LogP contribution is 2.10. The standard InChI is InChI=1S/C21H22ClN5O/c1-27(15-11-17-8-12-23-13-9-17)21(28)19-6-7-20(26-25-19)24-14-10-16-2-4-18(22)5-3-16/h2-9,12-13H,10-11,14-15H2,1H3,(H,24,26). The third-order valence-electron chi connectivity index (χ3n) is 4.35. The van der Waals surface area contributed by atoms with Crippen LogP contribution in [0, 0.1) is 0 Å². The Morgan fingerprint density at radius 2 is 1.68 bits per heavy atom. The van der Waals surface area contributed by atoms with E-state index in [1.54, 1.807) is 36.5 Å². The number of carbonyl (C=O) groups excluding carboxylic acids is 1. The van der Waals surface area contributed by atoms with Gasteiger partial charge < -0.3 is 10.2 Å². The number of pyridine rings is 1. The molecular formula is C21H22ClN5O. The second kappa shape index (κ2) is 9.80.